The third-order valence-corrected chi connectivity index (χ3v) is 6.44. The molecule has 2 saturated heterocycles. The number of piperidine rings is 1. The average Bonchev–Trinajstić information content (AvgIpc) is 3.16. The van der Waals surface area contributed by atoms with E-state index in [0.717, 1.165) is 57.3 Å². The predicted molar refractivity (Wildman–Crippen MR) is 117 cm³/mol. The van der Waals surface area contributed by atoms with Gasteiger partial charge in [-0.1, -0.05) is 29.8 Å². The monoisotopic (exact) mass is 433 g/mol. The standard InChI is InChI=1S/C23H32ClN3O3/c24-20-8-2-1-7-19(20)16-25-21(28)12-11-18-6-3-15-27(17-18)23(30)10-5-14-26-13-4-9-22(26)29/h1-2,7-8,18H,3-6,9-17H2,(H,25,28). The van der Waals surface area contributed by atoms with Gasteiger partial charge in [0.15, 0.2) is 0 Å². The maximum absolute atomic E-state index is 12.6. The molecule has 164 valence electrons. The number of halogens is 1. The molecule has 0 radical (unpaired) electrons. The van der Waals surface area contributed by atoms with E-state index in [1.807, 2.05) is 34.1 Å². The number of carbonyl (C=O) groups is 3. The van der Waals surface area contributed by atoms with Gasteiger partial charge < -0.3 is 15.1 Å². The van der Waals surface area contributed by atoms with Gasteiger partial charge in [0.2, 0.25) is 17.7 Å². The van der Waals surface area contributed by atoms with Gasteiger partial charge >= 0.3 is 0 Å². The normalized spacial score (nSPS) is 19.2. The molecule has 1 atom stereocenters. The van der Waals surface area contributed by atoms with Crippen LogP contribution in [0.25, 0.3) is 0 Å². The first kappa shape index (κ1) is 22.6. The lowest BCUT2D eigenvalue weighted by Crippen LogP contribution is -2.40. The number of carbonyl (C=O) groups excluding carboxylic acids is 3. The van der Waals surface area contributed by atoms with Crippen LogP contribution in [0.4, 0.5) is 0 Å². The van der Waals surface area contributed by atoms with Crippen LogP contribution in [0.15, 0.2) is 24.3 Å². The SMILES string of the molecule is O=C(CCC1CCCN(C(=O)CCCN2CCCC2=O)C1)NCc1ccccc1Cl. The number of rotatable bonds is 9. The van der Waals surface area contributed by atoms with Crippen molar-refractivity contribution < 1.29 is 14.4 Å². The zero-order valence-corrected chi connectivity index (χ0v) is 18.3. The first-order chi connectivity index (χ1) is 14.5. The minimum absolute atomic E-state index is 0.0219. The fraction of sp³-hybridized carbons (Fsp3) is 0.609. The summed E-state index contributed by atoms with van der Waals surface area (Å²) >= 11 is 6.12. The molecule has 1 aromatic carbocycles. The number of hydrogen-bond acceptors (Lipinski definition) is 3. The Bertz CT molecular complexity index is 755. The molecule has 3 amide bonds. The molecular weight excluding hydrogens is 402 g/mol. The molecular formula is C23H32ClN3O3. The van der Waals surface area contributed by atoms with Gasteiger partial charge in [-0.2, -0.15) is 0 Å². The van der Waals surface area contributed by atoms with E-state index in [1.165, 1.54) is 0 Å². The van der Waals surface area contributed by atoms with Gasteiger partial charge in [0.1, 0.15) is 0 Å². The quantitative estimate of drug-likeness (QED) is 0.649. The van der Waals surface area contributed by atoms with Crippen LogP contribution in [-0.4, -0.2) is 53.7 Å². The van der Waals surface area contributed by atoms with E-state index in [-0.39, 0.29) is 17.7 Å². The van der Waals surface area contributed by atoms with Crippen molar-refractivity contribution in [1.82, 2.24) is 15.1 Å². The summed E-state index contributed by atoms with van der Waals surface area (Å²) in [4.78, 5) is 40.2. The van der Waals surface area contributed by atoms with Gasteiger partial charge in [-0.25, -0.2) is 0 Å². The minimum Gasteiger partial charge on any atom is -0.352 e. The largest absolute Gasteiger partial charge is 0.352 e. The molecule has 2 heterocycles. The highest BCUT2D eigenvalue weighted by Crippen LogP contribution is 2.22. The van der Waals surface area contributed by atoms with Crippen LogP contribution in [0, 0.1) is 5.92 Å². The fourth-order valence-corrected chi connectivity index (χ4v) is 4.51. The van der Waals surface area contributed by atoms with E-state index in [9.17, 15) is 14.4 Å². The van der Waals surface area contributed by atoms with E-state index < -0.39 is 0 Å². The summed E-state index contributed by atoms with van der Waals surface area (Å²) in [5, 5.41) is 3.60. The summed E-state index contributed by atoms with van der Waals surface area (Å²) in [7, 11) is 0. The van der Waals surface area contributed by atoms with Crippen molar-refractivity contribution in [2.24, 2.45) is 5.92 Å². The Hall–Kier alpha value is -2.08. The molecule has 1 aromatic rings. The van der Waals surface area contributed by atoms with E-state index in [0.29, 0.717) is 43.3 Å². The molecule has 0 aliphatic carbocycles. The highest BCUT2D eigenvalue weighted by molar-refractivity contribution is 6.31. The highest BCUT2D eigenvalue weighted by atomic mass is 35.5. The number of nitrogens with one attached hydrogen (secondary N) is 1. The minimum atomic E-state index is 0.0219. The summed E-state index contributed by atoms with van der Waals surface area (Å²) in [5.41, 5.74) is 0.914. The van der Waals surface area contributed by atoms with Gasteiger partial charge in [-0.3, -0.25) is 14.4 Å². The van der Waals surface area contributed by atoms with Crippen molar-refractivity contribution in [1.29, 1.82) is 0 Å². The Morgan fingerprint density at radius 2 is 1.97 bits per heavy atom. The molecule has 0 spiro atoms. The number of likely N-dealkylation sites (tertiary alicyclic amines) is 2. The van der Waals surface area contributed by atoms with Crippen LogP contribution in [0.2, 0.25) is 5.02 Å². The maximum atomic E-state index is 12.6. The van der Waals surface area contributed by atoms with Crippen LogP contribution in [0.1, 0.15) is 56.9 Å². The van der Waals surface area contributed by atoms with Crippen LogP contribution in [-0.2, 0) is 20.9 Å². The highest BCUT2D eigenvalue weighted by Gasteiger charge is 2.25. The summed E-state index contributed by atoms with van der Waals surface area (Å²) in [6.45, 7) is 3.49. The summed E-state index contributed by atoms with van der Waals surface area (Å²) in [6, 6.07) is 7.51. The second-order valence-electron chi connectivity index (χ2n) is 8.34. The van der Waals surface area contributed by atoms with Crippen molar-refractivity contribution in [3.8, 4) is 0 Å². The Labute approximate surface area is 183 Å². The Morgan fingerprint density at radius 3 is 2.73 bits per heavy atom. The van der Waals surface area contributed by atoms with Gasteiger partial charge in [0.05, 0.1) is 0 Å². The van der Waals surface area contributed by atoms with Crippen LogP contribution < -0.4 is 5.32 Å². The van der Waals surface area contributed by atoms with E-state index in [2.05, 4.69) is 5.32 Å². The maximum Gasteiger partial charge on any atom is 0.222 e. The molecule has 30 heavy (non-hydrogen) atoms. The molecule has 2 fully saturated rings. The molecule has 2 aliphatic rings. The summed E-state index contributed by atoms with van der Waals surface area (Å²) in [5.74, 6) is 0.783. The summed E-state index contributed by atoms with van der Waals surface area (Å²) < 4.78 is 0. The van der Waals surface area contributed by atoms with Gasteiger partial charge in [-0.05, 0) is 49.7 Å². The van der Waals surface area contributed by atoms with Gasteiger partial charge in [-0.15, -0.1) is 0 Å². The number of benzene rings is 1. The van der Waals surface area contributed by atoms with Crippen molar-refractivity contribution in [3.05, 3.63) is 34.9 Å². The van der Waals surface area contributed by atoms with Crippen molar-refractivity contribution in [2.75, 3.05) is 26.2 Å². The van der Waals surface area contributed by atoms with Gasteiger partial charge in [0.25, 0.3) is 0 Å². The molecule has 6 nitrogen and oxygen atoms in total. The Balaban J connectivity index is 1.33. The second kappa shape index (κ2) is 11.3. The van der Waals surface area contributed by atoms with Crippen LogP contribution in [0.5, 0.6) is 0 Å². The zero-order valence-electron chi connectivity index (χ0n) is 17.6. The number of hydrogen-bond donors (Lipinski definition) is 1. The Morgan fingerprint density at radius 1 is 1.13 bits per heavy atom. The van der Waals surface area contributed by atoms with Crippen molar-refractivity contribution >= 4 is 29.3 Å². The topological polar surface area (TPSA) is 69.7 Å². The molecule has 0 aromatic heterocycles. The number of nitrogens with zero attached hydrogens (tertiary/aromatic N) is 2. The lowest BCUT2D eigenvalue weighted by atomic mass is 9.93. The molecule has 0 saturated carbocycles. The zero-order chi connectivity index (χ0) is 21.3. The second-order valence-corrected chi connectivity index (χ2v) is 8.75. The molecule has 1 N–H and O–H groups in total. The van der Waals surface area contributed by atoms with Crippen LogP contribution >= 0.6 is 11.6 Å². The van der Waals surface area contributed by atoms with E-state index in [1.54, 1.807) is 0 Å². The average molecular weight is 434 g/mol. The molecule has 0 bridgehead atoms. The van der Waals surface area contributed by atoms with Crippen molar-refractivity contribution in [2.45, 2.75) is 57.9 Å². The number of amides is 3. The lowest BCUT2D eigenvalue weighted by molar-refractivity contribution is -0.134. The van der Waals surface area contributed by atoms with E-state index in [4.69, 9.17) is 11.6 Å². The smallest absolute Gasteiger partial charge is 0.222 e. The molecule has 2 aliphatic heterocycles. The fourth-order valence-electron chi connectivity index (χ4n) is 4.31. The first-order valence-electron chi connectivity index (χ1n) is 11.1. The lowest BCUT2D eigenvalue weighted by Gasteiger charge is -2.33. The summed E-state index contributed by atoms with van der Waals surface area (Å²) in [6.07, 6.45) is 6.12. The Kier molecular flexibility index (Phi) is 8.55. The van der Waals surface area contributed by atoms with E-state index >= 15 is 0 Å². The third-order valence-electron chi connectivity index (χ3n) is 6.08. The van der Waals surface area contributed by atoms with Gasteiger partial charge in [0, 0.05) is 57.0 Å². The predicted octanol–water partition coefficient (Wildman–Crippen LogP) is 3.38. The van der Waals surface area contributed by atoms with Crippen molar-refractivity contribution in [3.63, 3.8) is 0 Å². The first-order valence-corrected chi connectivity index (χ1v) is 11.5. The van der Waals surface area contributed by atoms with Crippen LogP contribution in [0.3, 0.4) is 0 Å². The molecule has 7 heteroatoms. The molecule has 3 rings (SSSR count). The third kappa shape index (κ3) is 6.73. The molecule has 1 unspecified atom stereocenters.